The average Bonchev–Trinajstić information content (AvgIpc) is 2.54. The van der Waals surface area contributed by atoms with Crippen LogP contribution in [0.5, 0.6) is 0 Å². The Morgan fingerprint density at radius 2 is 1.45 bits per heavy atom. The van der Waals surface area contributed by atoms with E-state index in [2.05, 4.69) is 66.4 Å². The molecular formula is C21H27P. The van der Waals surface area contributed by atoms with E-state index in [1.165, 1.54) is 58.8 Å². The Bertz CT molecular complexity index is 646. The highest BCUT2D eigenvalue weighted by Gasteiger charge is 2.19. The van der Waals surface area contributed by atoms with Crippen molar-refractivity contribution in [3.63, 3.8) is 0 Å². The van der Waals surface area contributed by atoms with Gasteiger partial charge in [-0.3, -0.25) is 0 Å². The minimum absolute atomic E-state index is 0.780. The predicted molar refractivity (Wildman–Crippen MR) is 101 cm³/mol. The van der Waals surface area contributed by atoms with Crippen LogP contribution in [0.25, 0.3) is 11.1 Å². The molecule has 0 amide bonds. The molecule has 1 aliphatic carbocycles. The first-order valence-electron chi connectivity index (χ1n) is 8.52. The van der Waals surface area contributed by atoms with Gasteiger partial charge in [0.15, 0.2) is 0 Å². The van der Waals surface area contributed by atoms with Gasteiger partial charge in [-0.1, -0.05) is 56.2 Å². The van der Waals surface area contributed by atoms with Crippen molar-refractivity contribution in [2.75, 3.05) is 0 Å². The minimum atomic E-state index is 0.780. The van der Waals surface area contributed by atoms with E-state index in [4.69, 9.17) is 0 Å². The van der Waals surface area contributed by atoms with Crippen molar-refractivity contribution >= 4 is 14.5 Å². The number of hydrogen-bond donors (Lipinski definition) is 0. The third-order valence-corrected chi connectivity index (χ3v) is 6.16. The summed E-state index contributed by atoms with van der Waals surface area (Å²) in [5.74, 6) is 1.70. The number of hydrogen-bond acceptors (Lipinski definition) is 0. The van der Waals surface area contributed by atoms with E-state index in [1.807, 2.05) is 0 Å². The topological polar surface area (TPSA) is 0 Å². The van der Waals surface area contributed by atoms with Crippen molar-refractivity contribution in [3.05, 3.63) is 53.1 Å². The van der Waals surface area contributed by atoms with E-state index in [0.29, 0.717) is 0 Å². The molecule has 1 atom stereocenters. The van der Waals surface area contributed by atoms with Gasteiger partial charge < -0.3 is 0 Å². The van der Waals surface area contributed by atoms with Crippen LogP contribution in [0.4, 0.5) is 0 Å². The van der Waals surface area contributed by atoms with E-state index >= 15 is 0 Å². The first kappa shape index (κ1) is 15.8. The van der Waals surface area contributed by atoms with Gasteiger partial charge >= 0.3 is 0 Å². The highest BCUT2D eigenvalue weighted by atomic mass is 31.0. The lowest BCUT2D eigenvalue weighted by Crippen LogP contribution is -2.10. The van der Waals surface area contributed by atoms with Crippen molar-refractivity contribution in [2.45, 2.75) is 52.4 Å². The Hall–Kier alpha value is -1.13. The molecule has 1 unspecified atom stereocenters. The van der Waals surface area contributed by atoms with Crippen molar-refractivity contribution in [1.29, 1.82) is 0 Å². The van der Waals surface area contributed by atoms with Gasteiger partial charge in [0, 0.05) is 0 Å². The zero-order valence-corrected chi connectivity index (χ0v) is 15.2. The Morgan fingerprint density at radius 3 is 2.09 bits per heavy atom. The van der Waals surface area contributed by atoms with Gasteiger partial charge in [-0.05, 0) is 71.6 Å². The largest absolute Gasteiger partial charge is 0.105 e. The molecule has 2 aromatic rings. The van der Waals surface area contributed by atoms with Crippen LogP contribution in [-0.4, -0.2) is 0 Å². The zero-order valence-electron chi connectivity index (χ0n) is 14.0. The summed E-state index contributed by atoms with van der Waals surface area (Å²) >= 11 is 0. The lowest BCUT2D eigenvalue weighted by molar-refractivity contribution is 0.348. The van der Waals surface area contributed by atoms with Gasteiger partial charge in [0.2, 0.25) is 0 Å². The van der Waals surface area contributed by atoms with Crippen LogP contribution in [-0.2, 0) is 0 Å². The lowest BCUT2D eigenvalue weighted by atomic mass is 9.79. The fourth-order valence-corrected chi connectivity index (χ4v) is 4.00. The van der Waals surface area contributed by atoms with Crippen LogP contribution in [0.15, 0.2) is 36.4 Å². The summed E-state index contributed by atoms with van der Waals surface area (Å²) in [4.78, 5) is 0. The second-order valence-corrected chi connectivity index (χ2v) is 7.65. The van der Waals surface area contributed by atoms with Crippen LogP contribution < -0.4 is 5.30 Å². The van der Waals surface area contributed by atoms with Gasteiger partial charge in [0.25, 0.3) is 0 Å². The quantitative estimate of drug-likeness (QED) is 0.618. The molecule has 0 heterocycles. The Balaban J connectivity index is 1.84. The molecule has 0 radical (unpaired) electrons. The molecule has 2 aromatic carbocycles. The van der Waals surface area contributed by atoms with Gasteiger partial charge in [-0.15, -0.1) is 9.24 Å². The lowest BCUT2D eigenvalue weighted by Gasteiger charge is -2.26. The summed E-state index contributed by atoms with van der Waals surface area (Å²) in [6, 6.07) is 13.8. The second-order valence-electron chi connectivity index (χ2n) is 7.03. The van der Waals surface area contributed by atoms with E-state index < -0.39 is 0 Å². The van der Waals surface area contributed by atoms with E-state index in [0.717, 1.165) is 11.8 Å². The molecule has 0 saturated heterocycles. The highest BCUT2D eigenvalue weighted by Crippen LogP contribution is 2.36. The fourth-order valence-electron chi connectivity index (χ4n) is 3.68. The molecule has 0 nitrogen and oxygen atoms in total. The van der Waals surface area contributed by atoms with E-state index in [-0.39, 0.29) is 0 Å². The maximum atomic E-state index is 2.83. The molecule has 1 aliphatic rings. The highest BCUT2D eigenvalue weighted by molar-refractivity contribution is 7.27. The molecule has 22 heavy (non-hydrogen) atoms. The average molecular weight is 310 g/mol. The summed E-state index contributed by atoms with van der Waals surface area (Å²) < 4.78 is 0. The fraction of sp³-hybridized carbons (Fsp3) is 0.429. The van der Waals surface area contributed by atoms with Gasteiger partial charge in [0.1, 0.15) is 0 Å². The molecule has 116 valence electrons. The van der Waals surface area contributed by atoms with Gasteiger partial charge in [0.05, 0.1) is 0 Å². The molecule has 0 spiro atoms. The van der Waals surface area contributed by atoms with Crippen molar-refractivity contribution in [3.8, 4) is 11.1 Å². The third kappa shape index (κ3) is 3.13. The van der Waals surface area contributed by atoms with Crippen molar-refractivity contribution in [2.24, 2.45) is 5.92 Å². The van der Waals surface area contributed by atoms with Crippen LogP contribution in [0.2, 0.25) is 0 Å². The smallest absolute Gasteiger partial charge is 0.0152 e. The van der Waals surface area contributed by atoms with Crippen LogP contribution in [0, 0.1) is 19.8 Å². The van der Waals surface area contributed by atoms with Crippen LogP contribution >= 0.6 is 9.24 Å². The Morgan fingerprint density at radius 1 is 0.818 bits per heavy atom. The molecule has 1 saturated carbocycles. The van der Waals surface area contributed by atoms with Crippen LogP contribution in [0.3, 0.4) is 0 Å². The monoisotopic (exact) mass is 310 g/mol. The SMILES string of the molecule is Cc1c(P)ccc(-c2ccc(C3CCC(C)CC3)cc2)c1C. The third-order valence-electron chi connectivity index (χ3n) is 5.54. The maximum Gasteiger partial charge on any atom is -0.0152 e. The second kappa shape index (κ2) is 6.55. The molecule has 0 aromatic heterocycles. The number of rotatable bonds is 2. The van der Waals surface area contributed by atoms with Crippen molar-refractivity contribution in [1.82, 2.24) is 0 Å². The zero-order chi connectivity index (χ0) is 15.7. The molecular weight excluding hydrogens is 283 g/mol. The van der Waals surface area contributed by atoms with Gasteiger partial charge in [-0.2, -0.15) is 0 Å². The minimum Gasteiger partial charge on any atom is -0.105 e. The summed E-state index contributed by atoms with van der Waals surface area (Å²) in [7, 11) is 2.83. The summed E-state index contributed by atoms with van der Waals surface area (Å²) in [5, 5.41) is 1.30. The molecule has 1 fully saturated rings. The van der Waals surface area contributed by atoms with Gasteiger partial charge in [-0.25, -0.2) is 0 Å². The predicted octanol–water partition coefficient (Wildman–Crippen LogP) is 5.76. The maximum absolute atomic E-state index is 2.83. The van der Waals surface area contributed by atoms with Crippen LogP contribution in [0.1, 0.15) is 55.2 Å². The molecule has 3 rings (SSSR count). The molecule has 0 N–H and O–H groups in total. The normalized spacial score (nSPS) is 21.8. The van der Waals surface area contributed by atoms with E-state index in [1.54, 1.807) is 0 Å². The summed E-state index contributed by atoms with van der Waals surface area (Å²) in [5.41, 5.74) is 7.03. The Kier molecular flexibility index (Phi) is 4.69. The summed E-state index contributed by atoms with van der Waals surface area (Å²) in [6.45, 7) is 6.83. The first-order chi connectivity index (χ1) is 10.6. The first-order valence-corrected chi connectivity index (χ1v) is 9.10. The molecule has 0 bridgehead atoms. The summed E-state index contributed by atoms with van der Waals surface area (Å²) in [6.07, 6.45) is 5.50. The van der Waals surface area contributed by atoms with E-state index in [9.17, 15) is 0 Å². The molecule has 1 heteroatoms. The number of benzene rings is 2. The Labute approximate surface area is 137 Å². The molecule has 0 aliphatic heterocycles. The van der Waals surface area contributed by atoms with Crippen molar-refractivity contribution < 1.29 is 0 Å². The standard InChI is InChI=1S/C21H27P/c1-14-4-6-17(7-5-14)18-8-10-19(11-9-18)20-12-13-21(22)16(3)15(20)2/h8-14,17H,4-7,22H2,1-3H3.